The fraction of sp³-hybridized carbons (Fsp3) is 0.643. The van der Waals surface area contributed by atoms with E-state index in [2.05, 4.69) is 10.6 Å². The smallest absolute Gasteiger partial charge is 0.315 e. The van der Waals surface area contributed by atoms with E-state index in [0.29, 0.717) is 6.54 Å². The molecule has 1 aliphatic rings. The number of hydrogen-bond donors (Lipinski definition) is 3. The third kappa shape index (κ3) is 4.51. The molecule has 1 aromatic heterocycles. The van der Waals surface area contributed by atoms with Crippen LogP contribution in [0.3, 0.4) is 0 Å². The van der Waals surface area contributed by atoms with Crippen molar-refractivity contribution in [3.63, 3.8) is 0 Å². The Hall–Kier alpha value is -1.07. The van der Waals surface area contributed by atoms with Gasteiger partial charge in [-0.2, -0.15) is 11.3 Å². The number of rotatable bonds is 4. The molecule has 0 aromatic carbocycles. The highest BCUT2D eigenvalue weighted by molar-refractivity contribution is 7.07. The molecule has 2 atom stereocenters. The highest BCUT2D eigenvalue weighted by atomic mass is 32.1. The Labute approximate surface area is 118 Å². The van der Waals surface area contributed by atoms with E-state index in [4.69, 9.17) is 0 Å². The van der Waals surface area contributed by atoms with Crippen molar-refractivity contribution in [3.8, 4) is 0 Å². The lowest BCUT2D eigenvalue weighted by Gasteiger charge is -2.24. The van der Waals surface area contributed by atoms with Gasteiger partial charge in [-0.3, -0.25) is 0 Å². The largest absolute Gasteiger partial charge is 0.396 e. The van der Waals surface area contributed by atoms with Gasteiger partial charge in [0.1, 0.15) is 0 Å². The summed E-state index contributed by atoms with van der Waals surface area (Å²) in [6.45, 7) is 0.724. The van der Waals surface area contributed by atoms with E-state index in [1.807, 2.05) is 16.8 Å². The second kappa shape index (κ2) is 7.50. The predicted molar refractivity (Wildman–Crippen MR) is 77.1 cm³/mol. The summed E-state index contributed by atoms with van der Waals surface area (Å²) in [5.41, 5.74) is 1.12. The fourth-order valence-corrected chi connectivity index (χ4v) is 3.26. The SMILES string of the molecule is O=C(NCc1ccsc1)NC1CCCCCC1CO. The number of nitrogens with one attached hydrogen (secondary N) is 2. The van der Waals surface area contributed by atoms with Crippen molar-refractivity contribution < 1.29 is 9.90 Å². The summed E-state index contributed by atoms with van der Waals surface area (Å²) in [4.78, 5) is 11.9. The first-order chi connectivity index (χ1) is 9.29. The van der Waals surface area contributed by atoms with Gasteiger partial charge in [-0.15, -0.1) is 0 Å². The number of hydrogen-bond acceptors (Lipinski definition) is 3. The standard InChI is InChI=1S/C14H22N2O2S/c17-9-12-4-2-1-3-5-13(12)16-14(18)15-8-11-6-7-19-10-11/h6-7,10,12-13,17H,1-5,8-9H2,(H2,15,16,18). The maximum atomic E-state index is 11.9. The lowest BCUT2D eigenvalue weighted by atomic mass is 9.96. The van der Waals surface area contributed by atoms with E-state index >= 15 is 0 Å². The molecule has 106 valence electrons. The van der Waals surface area contributed by atoms with Crippen molar-refractivity contribution >= 4 is 17.4 Å². The Bertz CT molecular complexity index is 381. The second-order valence-corrected chi connectivity index (χ2v) is 5.93. The molecule has 1 aromatic rings. The molecule has 0 radical (unpaired) electrons. The molecule has 19 heavy (non-hydrogen) atoms. The summed E-state index contributed by atoms with van der Waals surface area (Å²) < 4.78 is 0. The van der Waals surface area contributed by atoms with Crippen LogP contribution in [0.1, 0.15) is 37.7 Å². The minimum absolute atomic E-state index is 0.106. The van der Waals surface area contributed by atoms with Crippen LogP contribution in [0.25, 0.3) is 0 Å². The van der Waals surface area contributed by atoms with Crippen LogP contribution in [0.15, 0.2) is 16.8 Å². The highest BCUT2D eigenvalue weighted by Crippen LogP contribution is 2.23. The molecule has 3 N–H and O–H groups in total. The summed E-state index contributed by atoms with van der Waals surface area (Å²) in [7, 11) is 0. The average molecular weight is 282 g/mol. The predicted octanol–water partition coefficient (Wildman–Crippen LogP) is 2.49. The molecule has 1 fully saturated rings. The molecular formula is C14H22N2O2S. The quantitative estimate of drug-likeness (QED) is 0.743. The lowest BCUT2D eigenvalue weighted by Crippen LogP contribution is -2.45. The average Bonchev–Trinajstić information content (AvgIpc) is 2.83. The molecule has 2 unspecified atom stereocenters. The van der Waals surface area contributed by atoms with E-state index in [1.165, 1.54) is 6.42 Å². The van der Waals surface area contributed by atoms with Crippen LogP contribution >= 0.6 is 11.3 Å². The van der Waals surface area contributed by atoms with Gasteiger partial charge in [0.25, 0.3) is 0 Å². The van der Waals surface area contributed by atoms with Crippen LogP contribution in [0.5, 0.6) is 0 Å². The molecule has 1 aliphatic carbocycles. The molecule has 5 heteroatoms. The van der Waals surface area contributed by atoms with Crippen LogP contribution in [-0.4, -0.2) is 23.8 Å². The molecule has 0 saturated heterocycles. The van der Waals surface area contributed by atoms with Crippen molar-refractivity contribution in [3.05, 3.63) is 22.4 Å². The normalized spacial score (nSPS) is 23.6. The van der Waals surface area contributed by atoms with Gasteiger partial charge < -0.3 is 15.7 Å². The number of carbonyl (C=O) groups is 1. The van der Waals surface area contributed by atoms with Gasteiger partial charge >= 0.3 is 6.03 Å². The maximum absolute atomic E-state index is 11.9. The Morgan fingerprint density at radius 3 is 2.95 bits per heavy atom. The van der Waals surface area contributed by atoms with Crippen LogP contribution in [-0.2, 0) is 6.54 Å². The topological polar surface area (TPSA) is 61.4 Å². The third-order valence-electron chi connectivity index (χ3n) is 3.74. The Morgan fingerprint density at radius 2 is 2.21 bits per heavy atom. The fourth-order valence-electron chi connectivity index (χ4n) is 2.59. The second-order valence-electron chi connectivity index (χ2n) is 5.15. The number of amides is 2. The van der Waals surface area contributed by atoms with Gasteiger partial charge in [0.15, 0.2) is 0 Å². The summed E-state index contributed by atoms with van der Waals surface area (Å²) in [6.07, 6.45) is 5.46. The van der Waals surface area contributed by atoms with Gasteiger partial charge in [0, 0.05) is 25.1 Å². The van der Waals surface area contributed by atoms with Crippen molar-refractivity contribution in [1.29, 1.82) is 0 Å². The minimum Gasteiger partial charge on any atom is -0.396 e. The first-order valence-electron chi connectivity index (χ1n) is 6.96. The molecule has 0 spiro atoms. The van der Waals surface area contributed by atoms with Gasteiger partial charge in [0.2, 0.25) is 0 Å². The van der Waals surface area contributed by atoms with Crippen molar-refractivity contribution in [2.45, 2.75) is 44.7 Å². The van der Waals surface area contributed by atoms with Gasteiger partial charge in [0.05, 0.1) is 0 Å². The summed E-state index contributed by atoms with van der Waals surface area (Å²) in [5.74, 6) is 0.203. The number of urea groups is 1. The Morgan fingerprint density at radius 1 is 1.37 bits per heavy atom. The number of aliphatic hydroxyl groups is 1. The molecule has 4 nitrogen and oxygen atoms in total. The molecule has 0 aliphatic heterocycles. The van der Waals surface area contributed by atoms with Gasteiger partial charge in [-0.05, 0) is 35.2 Å². The summed E-state index contributed by atoms with van der Waals surface area (Å²) >= 11 is 1.63. The first kappa shape index (κ1) is 14.3. The summed E-state index contributed by atoms with van der Waals surface area (Å²) in [6, 6.07) is 1.99. The molecule has 2 amide bonds. The third-order valence-corrected chi connectivity index (χ3v) is 4.48. The van der Waals surface area contributed by atoms with Crippen molar-refractivity contribution in [2.24, 2.45) is 5.92 Å². The molecule has 1 heterocycles. The molecule has 2 rings (SSSR count). The summed E-state index contributed by atoms with van der Waals surface area (Å²) in [5, 5.41) is 19.3. The maximum Gasteiger partial charge on any atom is 0.315 e. The van der Waals surface area contributed by atoms with E-state index in [-0.39, 0.29) is 24.6 Å². The zero-order valence-electron chi connectivity index (χ0n) is 11.1. The van der Waals surface area contributed by atoms with Crippen molar-refractivity contribution in [1.82, 2.24) is 10.6 Å². The zero-order valence-corrected chi connectivity index (χ0v) is 11.9. The van der Waals surface area contributed by atoms with Crippen LogP contribution in [0, 0.1) is 5.92 Å². The Balaban J connectivity index is 1.79. The van der Waals surface area contributed by atoms with E-state index < -0.39 is 0 Å². The Kier molecular flexibility index (Phi) is 5.66. The molecule has 1 saturated carbocycles. The monoisotopic (exact) mass is 282 g/mol. The van der Waals surface area contributed by atoms with Crippen molar-refractivity contribution in [2.75, 3.05) is 6.61 Å². The van der Waals surface area contributed by atoms with Crippen LogP contribution in [0.4, 0.5) is 4.79 Å². The minimum atomic E-state index is -0.128. The highest BCUT2D eigenvalue weighted by Gasteiger charge is 2.24. The first-order valence-corrected chi connectivity index (χ1v) is 7.90. The van der Waals surface area contributed by atoms with E-state index in [1.54, 1.807) is 11.3 Å². The number of carbonyl (C=O) groups excluding carboxylic acids is 1. The van der Waals surface area contributed by atoms with Gasteiger partial charge in [-0.1, -0.05) is 19.3 Å². The lowest BCUT2D eigenvalue weighted by molar-refractivity contribution is 0.179. The zero-order chi connectivity index (χ0) is 13.5. The molecular weight excluding hydrogens is 260 g/mol. The van der Waals surface area contributed by atoms with Gasteiger partial charge in [-0.25, -0.2) is 4.79 Å². The van der Waals surface area contributed by atoms with Crippen LogP contribution in [0.2, 0.25) is 0 Å². The molecule has 0 bridgehead atoms. The van der Waals surface area contributed by atoms with E-state index in [9.17, 15) is 9.90 Å². The van der Waals surface area contributed by atoms with Crippen LogP contribution < -0.4 is 10.6 Å². The number of aliphatic hydroxyl groups excluding tert-OH is 1. The van der Waals surface area contributed by atoms with E-state index in [0.717, 1.165) is 31.2 Å². The number of thiophene rings is 1.